The van der Waals surface area contributed by atoms with Crippen molar-refractivity contribution < 1.29 is 4.79 Å². The summed E-state index contributed by atoms with van der Waals surface area (Å²) in [6.07, 6.45) is 2.04. The van der Waals surface area contributed by atoms with Crippen molar-refractivity contribution in [2.45, 2.75) is 26.8 Å². The zero-order chi connectivity index (χ0) is 18.8. The van der Waals surface area contributed by atoms with Gasteiger partial charge in [-0.3, -0.25) is 4.79 Å². The summed E-state index contributed by atoms with van der Waals surface area (Å²) in [6.45, 7) is 7.58. The topological polar surface area (TPSA) is 80.0 Å². The van der Waals surface area contributed by atoms with E-state index < -0.39 is 0 Å². The Morgan fingerprint density at radius 3 is 2.67 bits per heavy atom. The lowest BCUT2D eigenvalue weighted by Gasteiger charge is -2.36. The van der Waals surface area contributed by atoms with Gasteiger partial charge in [-0.1, -0.05) is 17.3 Å². The number of amides is 1. The van der Waals surface area contributed by atoms with Crippen LogP contribution in [0.1, 0.15) is 17.7 Å². The van der Waals surface area contributed by atoms with Gasteiger partial charge in [-0.15, -0.1) is 5.10 Å². The molecule has 1 aliphatic rings. The smallest absolute Gasteiger partial charge is 0.224 e. The molecule has 8 nitrogen and oxygen atoms in total. The second-order valence-corrected chi connectivity index (χ2v) is 6.83. The van der Waals surface area contributed by atoms with E-state index in [0.717, 1.165) is 41.2 Å². The number of benzene rings is 1. The standard InChI is InChI=1S/C19H23N7O/c1-14-15(2)20-13-21-19(14)25-11-9-24(10-12-25)18(27)7-8-26-17-6-4-3-5-16(17)22-23-26/h3-6,13H,7-12H2,1-2H3. The number of para-hydroxylation sites is 1. The highest BCUT2D eigenvalue weighted by Crippen LogP contribution is 2.20. The molecule has 1 saturated heterocycles. The molecule has 3 heterocycles. The number of fused-ring (bicyclic) bond motifs is 1. The number of hydrogen-bond acceptors (Lipinski definition) is 6. The summed E-state index contributed by atoms with van der Waals surface area (Å²) < 4.78 is 1.80. The largest absolute Gasteiger partial charge is 0.353 e. The number of aromatic nitrogens is 5. The van der Waals surface area contributed by atoms with Gasteiger partial charge in [0.2, 0.25) is 5.91 Å². The van der Waals surface area contributed by atoms with E-state index in [4.69, 9.17) is 0 Å². The molecule has 1 fully saturated rings. The monoisotopic (exact) mass is 365 g/mol. The molecule has 1 aliphatic heterocycles. The van der Waals surface area contributed by atoms with E-state index in [0.29, 0.717) is 26.1 Å². The first kappa shape index (κ1) is 17.4. The maximum Gasteiger partial charge on any atom is 0.224 e. The van der Waals surface area contributed by atoms with Crippen molar-refractivity contribution in [2.75, 3.05) is 31.1 Å². The second kappa shape index (κ2) is 7.30. The minimum absolute atomic E-state index is 0.157. The highest BCUT2D eigenvalue weighted by atomic mass is 16.2. The maximum absolute atomic E-state index is 12.6. The van der Waals surface area contributed by atoms with Gasteiger partial charge in [0.1, 0.15) is 17.7 Å². The molecule has 2 aromatic heterocycles. The number of carbonyl (C=O) groups excluding carboxylic acids is 1. The molecule has 0 N–H and O–H groups in total. The van der Waals surface area contributed by atoms with Gasteiger partial charge < -0.3 is 9.80 Å². The van der Waals surface area contributed by atoms with Crippen LogP contribution in [-0.2, 0) is 11.3 Å². The summed E-state index contributed by atoms with van der Waals surface area (Å²) in [6, 6.07) is 7.80. The van der Waals surface area contributed by atoms with Crippen molar-refractivity contribution in [3.05, 3.63) is 41.9 Å². The fourth-order valence-electron chi connectivity index (χ4n) is 3.45. The van der Waals surface area contributed by atoms with Crippen LogP contribution < -0.4 is 4.90 Å². The SMILES string of the molecule is Cc1ncnc(N2CCN(C(=O)CCn3nnc4ccccc43)CC2)c1C. The highest BCUT2D eigenvalue weighted by Gasteiger charge is 2.23. The Bertz CT molecular complexity index is 960. The molecular formula is C19H23N7O. The van der Waals surface area contributed by atoms with Crippen LogP contribution in [0, 0.1) is 13.8 Å². The first-order valence-electron chi connectivity index (χ1n) is 9.22. The number of rotatable bonds is 4. The van der Waals surface area contributed by atoms with Crippen molar-refractivity contribution in [2.24, 2.45) is 0 Å². The summed E-state index contributed by atoms with van der Waals surface area (Å²) >= 11 is 0. The van der Waals surface area contributed by atoms with E-state index in [9.17, 15) is 4.79 Å². The summed E-state index contributed by atoms with van der Waals surface area (Å²) in [7, 11) is 0. The number of piperazine rings is 1. The molecule has 0 radical (unpaired) electrons. The zero-order valence-corrected chi connectivity index (χ0v) is 15.7. The van der Waals surface area contributed by atoms with E-state index in [1.807, 2.05) is 43.0 Å². The van der Waals surface area contributed by atoms with Crippen molar-refractivity contribution in [1.82, 2.24) is 29.9 Å². The molecule has 1 amide bonds. The Hall–Kier alpha value is -3.03. The lowest BCUT2D eigenvalue weighted by atomic mass is 10.2. The lowest BCUT2D eigenvalue weighted by Crippen LogP contribution is -2.49. The van der Waals surface area contributed by atoms with Gasteiger partial charge in [-0.2, -0.15) is 0 Å². The Balaban J connectivity index is 1.34. The van der Waals surface area contributed by atoms with Crippen LogP contribution >= 0.6 is 0 Å². The first-order chi connectivity index (χ1) is 13.1. The van der Waals surface area contributed by atoms with Gasteiger partial charge in [-0.05, 0) is 26.0 Å². The Morgan fingerprint density at radius 1 is 1.07 bits per heavy atom. The average Bonchev–Trinajstić information content (AvgIpc) is 3.12. The zero-order valence-electron chi connectivity index (χ0n) is 15.7. The van der Waals surface area contributed by atoms with Gasteiger partial charge in [0.15, 0.2) is 0 Å². The van der Waals surface area contributed by atoms with Gasteiger partial charge in [0.25, 0.3) is 0 Å². The van der Waals surface area contributed by atoms with Crippen LogP contribution in [0.25, 0.3) is 11.0 Å². The van der Waals surface area contributed by atoms with E-state index in [1.165, 1.54) is 0 Å². The van der Waals surface area contributed by atoms with E-state index in [-0.39, 0.29) is 5.91 Å². The predicted octanol–water partition coefficient (Wildman–Crippen LogP) is 1.58. The van der Waals surface area contributed by atoms with Crippen molar-refractivity contribution >= 4 is 22.8 Å². The van der Waals surface area contributed by atoms with Crippen LogP contribution in [0.2, 0.25) is 0 Å². The fourth-order valence-corrected chi connectivity index (χ4v) is 3.45. The molecule has 0 aliphatic carbocycles. The van der Waals surface area contributed by atoms with Crippen LogP contribution in [-0.4, -0.2) is 61.9 Å². The summed E-state index contributed by atoms with van der Waals surface area (Å²) in [5.41, 5.74) is 3.92. The lowest BCUT2D eigenvalue weighted by molar-refractivity contribution is -0.131. The molecule has 0 unspecified atom stereocenters. The Labute approximate surface area is 157 Å². The number of aryl methyl sites for hydroxylation is 2. The highest BCUT2D eigenvalue weighted by molar-refractivity contribution is 5.77. The summed E-state index contributed by atoms with van der Waals surface area (Å²) in [5.74, 6) is 1.13. The molecule has 27 heavy (non-hydrogen) atoms. The van der Waals surface area contributed by atoms with Gasteiger partial charge >= 0.3 is 0 Å². The van der Waals surface area contributed by atoms with E-state index in [2.05, 4.69) is 25.2 Å². The van der Waals surface area contributed by atoms with Crippen LogP contribution in [0.15, 0.2) is 30.6 Å². The fraction of sp³-hybridized carbons (Fsp3) is 0.421. The quantitative estimate of drug-likeness (QED) is 0.698. The van der Waals surface area contributed by atoms with Crippen molar-refractivity contribution in [3.63, 3.8) is 0 Å². The molecule has 0 saturated carbocycles. The Kier molecular flexibility index (Phi) is 4.70. The molecule has 8 heteroatoms. The third kappa shape index (κ3) is 3.47. The molecule has 3 aromatic rings. The number of carbonyl (C=O) groups is 1. The van der Waals surface area contributed by atoms with Crippen molar-refractivity contribution in [3.8, 4) is 0 Å². The Morgan fingerprint density at radius 2 is 1.85 bits per heavy atom. The third-order valence-corrected chi connectivity index (χ3v) is 5.20. The molecular weight excluding hydrogens is 342 g/mol. The number of hydrogen-bond donors (Lipinski definition) is 0. The predicted molar refractivity (Wildman–Crippen MR) is 102 cm³/mol. The maximum atomic E-state index is 12.6. The first-order valence-corrected chi connectivity index (χ1v) is 9.22. The van der Waals surface area contributed by atoms with Crippen LogP contribution in [0.5, 0.6) is 0 Å². The summed E-state index contributed by atoms with van der Waals surface area (Å²) in [4.78, 5) is 25.4. The second-order valence-electron chi connectivity index (χ2n) is 6.83. The molecule has 1 aromatic carbocycles. The molecule has 4 rings (SSSR count). The van der Waals surface area contributed by atoms with Crippen LogP contribution in [0.3, 0.4) is 0 Å². The number of anilines is 1. The van der Waals surface area contributed by atoms with Crippen molar-refractivity contribution in [1.29, 1.82) is 0 Å². The molecule has 0 atom stereocenters. The molecule has 140 valence electrons. The van der Waals surface area contributed by atoms with Gasteiger partial charge in [-0.25, -0.2) is 14.6 Å². The number of nitrogens with zero attached hydrogens (tertiary/aromatic N) is 7. The van der Waals surface area contributed by atoms with Gasteiger partial charge in [0, 0.05) is 43.9 Å². The summed E-state index contributed by atoms with van der Waals surface area (Å²) in [5, 5.41) is 8.29. The molecule has 0 bridgehead atoms. The molecule has 0 spiro atoms. The van der Waals surface area contributed by atoms with Crippen LogP contribution in [0.4, 0.5) is 5.82 Å². The van der Waals surface area contributed by atoms with E-state index in [1.54, 1.807) is 11.0 Å². The third-order valence-electron chi connectivity index (χ3n) is 5.20. The average molecular weight is 365 g/mol. The van der Waals surface area contributed by atoms with E-state index >= 15 is 0 Å². The normalized spacial score (nSPS) is 14.7. The minimum Gasteiger partial charge on any atom is -0.353 e. The minimum atomic E-state index is 0.157. The van der Waals surface area contributed by atoms with Gasteiger partial charge in [0.05, 0.1) is 12.1 Å².